The molecule has 4 heteroatoms. The minimum atomic E-state index is 0. The smallest absolute Gasteiger partial charge is 0.225 e. The van der Waals surface area contributed by atoms with Gasteiger partial charge in [-0.1, -0.05) is 32.6 Å². The molecule has 2 unspecified atom stereocenters. The molecule has 1 saturated carbocycles. The normalized spacial score (nSPS) is 29.5. The summed E-state index contributed by atoms with van der Waals surface area (Å²) < 4.78 is 0. The zero-order chi connectivity index (χ0) is 13.0. The third-order valence-corrected chi connectivity index (χ3v) is 4.74. The Morgan fingerprint density at radius 3 is 2.37 bits per heavy atom. The third kappa shape index (κ3) is 4.35. The number of rotatable bonds is 2. The molecule has 0 aromatic rings. The van der Waals surface area contributed by atoms with Gasteiger partial charge in [-0.15, -0.1) is 12.4 Å². The standard InChI is InChI=1S/C15H28N2O.ClH/c1-12-8-9-17(14(10-12)11-16)15(18)13-6-4-2-3-5-7-13;/h12-14H,2-11,16H2,1H3;1H. The summed E-state index contributed by atoms with van der Waals surface area (Å²) in [5.74, 6) is 1.41. The number of halogens is 1. The highest BCUT2D eigenvalue weighted by Crippen LogP contribution is 2.28. The van der Waals surface area contributed by atoms with E-state index in [1.165, 1.54) is 25.7 Å². The van der Waals surface area contributed by atoms with E-state index in [0.29, 0.717) is 18.5 Å². The van der Waals surface area contributed by atoms with Gasteiger partial charge in [-0.3, -0.25) is 4.79 Å². The second-order valence-electron chi connectivity index (χ2n) is 6.24. The Kier molecular flexibility index (Phi) is 7.16. The van der Waals surface area contributed by atoms with Gasteiger partial charge < -0.3 is 10.6 Å². The Bertz CT molecular complexity index is 277. The highest BCUT2D eigenvalue weighted by molar-refractivity contribution is 5.85. The quantitative estimate of drug-likeness (QED) is 0.794. The molecular formula is C15H29ClN2O. The molecule has 0 radical (unpaired) electrons. The van der Waals surface area contributed by atoms with Crippen LogP contribution in [-0.2, 0) is 4.79 Å². The van der Waals surface area contributed by atoms with Crippen LogP contribution in [0.1, 0.15) is 58.3 Å². The van der Waals surface area contributed by atoms with E-state index in [1.807, 2.05) is 0 Å². The molecule has 2 aliphatic rings. The molecule has 1 heterocycles. The molecule has 1 saturated heterocycles. The minimum Gasteiger partial charge on any atom is -0.338 e. The van der Waals surface area contributed by atoms with Crippen molar-refractivity contribution in [1.29, 1.82) is 0 Å². The summed E-state index contributed by atoms with van der Waals surface area (Å²) in [6.07, 6.45) is 9.51. The number of amides is 1. The van der Waals surface area contributed by atoms with Gasteiger partial charge in [0.1, 0.15) is 0 Å². The number of carbonyl (C=O) groups excluding carboxylic acids is 1. The lowest BCUT2D eigenvalue weighted by molar-refractivity contribution is -0.140. The lowest BCUT2D eigenvalue weighted by Crippen LogP contribution is -2.51. The van der Waals surface area contributed by atoms with Crippen molar-refractivity contribution in [3.63, 3.8) is 0 Å². The number of nitrogens with two attached hydrogens (primary N) is 1. The lowest BCUT2D eigenvalue weighted by atomic mass is 9.90. The number of hydrogen-bond acceptors (Lipinski definition) is 2. The van der Waals surface area contributed by atoms with E-state index < -0.39 is 0 Å². The van der Waals surface area contributed by atoms with E-state index in [0.717, 1.165) is 38.1 Å². The van der Waals surface area contributed by atoms with Crippen molar-refractivity contribution in [2.45, 2.75) is 64.3 Å². The van der Waals surface area contributed by atoms with Gasteiger partial charge in [0.2, 0.25) is 5.91 Å². The van der Waals surface area contributed by atoms with Crippen molar-refractivity contribution in [2.24, 2.45) is 17.6 Å². The summed E-state index contributed by atoms with van der Waals surface area (Å²) >= 11 is 0. The van der Waals surface area contributed by atoms with E-state index in [-0.39, 0.29) is 18.3 Å². The summed E-state index contributed by atoms with van der Waals surface area (Å²) in [7, 11) is 0. The maximum absolute atomic E-state index is 12.7. The number of carbonyl (C=O) groups is 1. The van der Waals surface area contributed by atoms with Crippen LogP contribution in [0.5, 0.6) is 0 Å². The molecule has 0 aromatic heterocycles. The lowest BCUT2D eigenvalue weighted by Gasteiger charge is -2.39. The summed E-state index contributed by atoms with van der Waals surface area (Å²) in [5.41, 5.74) is 5.86. The van der Waals surface area contributed by atoms with Crippen molar-refractivity contribution in [2.75, 3.05) is 13.1 Å². The second kappa shape index (κ2) is 8.11. The SMILES string of the molecule is CC1CCN(C(=O)C2CCCCCC2)C(CN)C1.Cl. The monoisotopic (exact) mass is 288 g/mol. The molecule has 2 rings (SSSR count). The first kappa shape index (κ1) is 16.8. The molecule has 2 N–H and O–H groups in total. The van der Waals surface area contributed by atoms with Crippen LogP contribution in [0.15, 0.2) is 0 Å². The Balaban J connectivity index is 0.00000180. The van der Waals surface area contributed by atoms with Crippen LogP contribution in [-0.4, -0.2) is 29.9 Å². The van der Waals surface area contributed by atoms with Crippen LogP contribution in [0.3, 0.4) is 0 Å². The van der Waals surface area contributed by atoms with Gasteiger partial charge in [0.15, 0.2) is 0 Å². The Morgan fingerprint density at radius 1 is 1.16 bits per heavy atom. The van der Waals surface area contributed by atoms with Gasteiger partial charge in [-0.25, -0.2) is 0 Å². The number of hydrogen-bond donors (Lipinski definition) is 1. The molecule has 0 spiro atoms. The van der Waals surface area contributed by atoms with Crippen molar-refractivity contribution in [3.8, 4) is 0 Å². The van der Waals surface area contributed by atoms with E-state index in [1.54, 1.807) is 0 Å². The van der Waals surface area contributed by atoms with E-state index in [9.17, 15) is 4.79 Å². The average molecular weight is 289 g/mol. The zero-order valence-corrected chi connectivity index (χ0v) is 13.0. The Labute approximate surface area is 123 Å². The van der Waals surface area contributed by atoms with Crippen molar-refractivity contribution in [3.05, 3.63) is 0 Å². The number of nitrogens with zero attached hydrogens (tertiary/aromatic N) is 1. The molecule has 2 atom stereocenters. The van der Waals surface area contributed by atoms with E-state index in [4.69, 9.17) is 5.73 Å². The van der Waals surface area contributed by atoms with Crippen LogP contribution in [0.2, 0.25) is 0 Å². The highest BCUT2D eigenvalue weighted by atomic mass is 35.5. The first-order valence-electron chi connectivity index (χ1n) is 7.73. The van der Waals surface area contributed by atoms with Crippen LogP contribution in [0, 0.1) is 11.8 Å². The molecule has 19 heavy (non-hydrogen) atoms. The van der Waals surface area contributed by atoms with Gasteiger partial charge in [0.05, 0.1) is 0 Å². The van der Waals surface area contributed by atoms with E-state index in [2.05, 4.69) is 11.8 Å². The van der Waals surface area contributed by atoms with Crippen LogP contribution >= 0.6 is 12.4 Å². The molecule has 0 bridgehead atoms. The molecule has 1 amide bonds. The van der Waals surface area contributed by atoms with Crippen molar-refractivity contribution >= 4 is 18.3 Å². The second-order valence-corrected chi connectivity index (χ2v) is 6.24. The van der Waals surface area contributed by atoms with Crippen molar-refractivity contribution < 1.29 is 4.79 Å². The molecule has 2 fully saturated rings. The maximum Gasteiger partial charge on any atom is 0.225 e. The average Bonchev–Trinajstić information content (AvgIpc) is 2.66. The number of likely N-dealkylation sites (tertiary alicyclic amines) is 1. The Hall–Kier alpha value is -0.280. The molecule has 112 valence electrons. The maximum atomic E-state index is 12.7. The summed E-state index contributed by atoms with van der Waals surface area (Å²) in [4.78, 5) is 14.8. The first-order valence-corrected chi connectivity index (χ1v) is 7.73. The summed E-state index contributed by atoms with van der Waals surface area (Å²) in [5, 5.41) is 0. The van der Waals surface area contributed by atoms with Crippen molar-refractivity contribution in [1.82, 2.24) is 4.90 Å². The van der Waals surface area contributed by atoms with Gasteiger partial charge in [-0.2, -0.15) is 0 Å². The minimum absolute atomic E-state index is 0. The van der Waals surface area contributed by atoms with Gasteiger partial charge in [-0.05, 0) is 31.6 Å². The van der Waals surface area contributed by atoms with Gasteiger partial charge in [0.25, 0.3) is 0 Å². The molecular weight excluding hydrogens is 260 g/mol. The summed E-state index contributed by atoms with van der Waals surface area (Å²) in [6.45, 7) is 3.83. The molecule has 0 aromatic carbocycles. The fourth-order valence-electron chi connectivity index (χ4n) is 3.53. The fourth-order valence-corrected chi connectivity index (χ4v) is 3.53. The summed E-state index contributed by atoms with van der Waals surface area (Å²) in [6, 6.07) is 0.296. The largest absolute Gasteiger partial charge is 0.338 e. The predicted octanol–water partition coefficient (Wildman–Crippen LogP) is 2.96. The molecule has 3 nitrogen and oxygen atoms in total. The fraction of sp³-hybridized carbons (Fsp3) is 0.933. The topological polar surface area (TPSA) is 46.3 Å². The highest BCUT2D eigenvalue weighted by Gasteiger charge is 2.32. The van der Waals surface area contributed by atoms with Crippen LogP contribution in [0.25, 0.3) is 0 Å². The predicted molar refractivity (Wildman–Crippen MR) is 81.4 cm³/mol. The zero-order valence-electron chi connectivity index (χ0n) is 12.1. The van der Waals surface area contributed by atoms with Crippen LogP contribution in [0.4, 0.5) is 0 Å². The van der Waals surface area contributed by atoms with Gasteiger partial charge in [0, 0.05) is 25.0 Å². The molecule has 1 aliphatic carbocycles. The van der Waals surface area contributed by atoms with Gasteiger partial charge >= 0.3 is 0 Å². The third-order valence-electron chi connectivity index (χ3n) is 4.74. The van der Waals surface area contributed by atoms with Crippen LogP contribution < -0.4 is 5.73 Å². The number of piperidine rings is 1. The molecule has 1 aliphatic heterocycles. The first-order chi connectivity index (χ1) is 8.72. The van der Waals surface area contributed by atoms with E-state index >= 15 is 0 Å². The Morgan fingerprint density at radius 2 is 1.79 bits per heavy atom.